The van der Waals surface area contributed by atoms with Crippen molar-refractivity contribution in [2.24, 2.45) is 0 Å². The molecule has 1 unspecified atom stereocenters. The summed E-state index contributed by atoms with van der Waals surface area (Å²) in [6.07, 6.45) is 0.968. The standard InChI is InChI=1S/C65H44N4S/c1-65(2)53-26-13-11-22-47(53)48-31-28-43(36-54(48)65)61-60-55(32-29-44-38-59(70-63(44)60)39-16-5-3-6-17-39)66-64(67-61)69-57-33-30-42(35-51(57)52-34-40-18-9-10-19-41(40)37-58(52)69)46-24-15-25-50-49-23-12-14-27-56(49)68(62(46)50)45-20-7-4-8-21-45/h3-37,59H,38H2,1-2H3. The predicted molar refractivity (Wildman–Crippen MR) is 293 cm³/mol. The van der Waals surface area contributed by atoms with Gasteiger partial charge in [0.1, 0.15) is 0 Å². The van der Waals surface area contributed by atoms with Gasteiger partial charge in [0, 0.05) is 59.3 Å². The molecule has 3 aromatic heterocycles. The fraction of sp³-hybridized carbons (Fsp3) is 0.0769. The van der Waals surface area contributed by atoms with Crippen molar-refractivity contribution in [3.05, 3.63) is 235 Å². The normalized spacial score (nSPS) is 14.9. The summed E-state index contributed by atoms with van der Waals surface area (Å²) < 4.78 is 4.76. The minimum absolute atomic E-state index is 0.159. The van der Waals surface area contributed by atoms with E-state index in [1.807, 2.05) is 11.8 Å². The molecule has 1 atom stereocenters. The fourth-order valence-electron chi connectivity index (χ4n) is 12.1. The summed E-state index contributed by atoms with van der Waals surface area (Å²) in [5.41, 5.74) is 18.9. The Labute approximate surface area is 409 Å². The van der Waals surface area contributed by atoms with Crippen LogP contribution in [0.15, 0.2) is 217 Å². The zero-order chi connectivity index (χ0) is 46.2. The van der Waals surface area contributed by atoms with Crippen molar-refractivity contribution in [2.75, 3.05) is 0 Å². The smallest absolute Gasteiger partial charge is 0.235 e. The molecule has 1 aliphatic heterocycles. The largest absolute Gasteiger partial charge is 0.309 e. The minimum atomic E-state index is -0.159. The van der Waals surface area contributed by atoms with Crippen LogP contribution in [0.3, 0.4) is 0 Å². The van der Waals surface area contributed by atoms with E-state index in [0.717, 1.165) is 56.3 Å². The van der Waals surface area contributed by atoms with Crippen LogP contribution in [0, 0.1) is 0 Å². The summed E-state index contributed by atoms with van der Waals surface area (Å²) in [4.78, 5) is 12.7. The molecule has 70 heavy (non-hydrogen) atoms. The number of nitrogens with zero attached hydrogens (tertiary/aromatic N) is 4. The second kappa shape index (κ2) is 14.9. The lowest BCUT2D eigenvalue weighted by atomic mass is 9.82. The van der Waals surface area contributed by atoms with Gasteiger partial charge in [0.2, 0.25) is 5.95 Å². The quantitative estimate of drug-likeness (QED) is 0.173. The van der Waals surface area contributed by atoms with Gasteiger partial charge in [-0.1, -0.05) is 172 Å². The highest BCUT2D eigenvalue weighted by molar-refractivity contribution is 8.00. The molecule has 2 aliphatic rings. The van der Waals surface area contributed by atoms with Gasteiger partial charge in [0.05, 0.1) is 33.3 Å². The summed E-state index contributed by atoms with van der Waals surface area (Å²) in [5.74, 6) is 0.669. The maximum absolute atomic E-state index is 5.82. The summed E-state index contributed by atoms with van der Waals surface area (Å²) in [6, 6.07) is 78.2. The lowest BCUT2D eigenvalue weighted by Crippen LogP contribution is -2.15. The third-order valence-corrected chi connectivity index (χ3v) is 16.9. The van der Waals surface area contributed by atoms with Gasteiger partial charge >= 0.3 is 0 Å². The molecule has 15 rings (SSSR count). The zero-order valence-electron chi connectivity index (χ0n) is 38.7. The van der Waals surface area contributed by atoms with E-state index in [-0.39, 0.29) is 5.41 Å². The number of fused-ring (bicyclic) bond motifs is 13. The van der Waals surface area contributed by atoms with E-state index >= 15 is 0 Å². The first-order valence-corrected chi connectivity index (χ1v) is 25.2. The van der Waals surface area contributed by atoms with Gasteiger partial charge in [-0.05, 0) is 111 Å². The van der Waals surface area contributed by atoms with Gasteiger partial charge in [-0.2, -0.15) is 0 Å². The van der Waals surface area contributed by atoms with Crippen LogP contribution < -0.4 is 0 Å². The third kappa shape index (κ3) is 5.73. The molecule has 0 spiro atoms. The predicted octanol–water partition coefficient (Wildman–Crippen LogP) is 17.0. The SMILES string of the molecule is CC1(C)c2ccccc2-c2ccc(-c3nc(-n4c5ccc(-c6cccc7c8ccccc8n(-c8ccccc8)c67)cc5c5cc6ccccc6cc54)nc4ccc5c(c34)SC(c3ccccc3)C5)cc21. The summed E-state index contributed by atoms with van der Waals surface area (Å²) in [7, 11) is 0. The first kappa shape index (κ1) is 39.7. The Morgan fingerprint density at radius 3 is 2.04 bits per heavy atom. The highest BCUT2D eigenvalue weighted by Gasteiger charge is 2.36. The van der Waals surface area contributed by atoms with E-state index < -0.39 is 0 Å². The summed E-state index contributed by atoms with van der Waals surface area (Å²) >= 11 is 1.96. The number of benzene rings is 10. The number of hydrogen-bond acceptors (Lipinski definition) is 3. The van der Waals surface area contributed by atoms with E-state index in [0.29, 0.717) is 11.2 Å². The molecule has 4 nitrogen and oxygen atoms in total. The molecular weight excluding hydrogens is 869 g/mol. The summed E-state index contributed by atoms with van der Waals surface area (Å²) in [6.45, 7) is 4.72. The highest BCUT2D eigenvalue weighted by atomic mass is 32.2. The second-order valence-electron chi connectivity index (χ2n) is 19.6. The van der Waals surface area contributed by atoms with Gasteiger partial charge in [-0.15, -0.1) is 11.8 Å². The lowest BCUT2D eigenvalue weighted by molar-refractivity contribution is 0.660. The monoisotopic (exact) mass is 912 g/mol. The molecule has 0 radical (unpaired) electrons. The zero-order valence-corrected chi connectivity index (χ0v) is 39.5. The Hall–Kier alpha value is -8.25. The van der Waals surface area contributed by atoms with Crippen molar-refractivity contribution in [3.8, 4) is 45.1 Å². The molecule has 0 fully saturated rings. The fourth-order valence-corrected chi connectivity index (χ4v) is 13.6. The van der Waals surface area contributed by atoms with Crippen LogP contribution in [0.4, 0.5) is 0 Å². The van der Waals surface area contributed by atoms with Crippen LogP contribution in [0.2, 0.25) is 0 Å². The van der Waals surface area contributed by atoms with Gasteiger partial charge in [0.25, 0.3) is 0 Å². The molecule has 13 aromatic rings. The van der Waals surface area contributed by atoms with Crippen molar-refractivity contribution in [1.82, 2.24) is 19.1 Å². The Morgan fingerprint density at radius 2 is 1.17 bits per heavy atom. The molecule has 0 bridgehead atoms. The molecule has 0 saturated heterocycles. The van der Waals surface area contributed by atoms with E-state index in [4.69, 9.17) is 9.97 Å². The second-order valence-corrected chi connectivity index (χ2v) is 20.9. The van der Waals surface area contributed by atoms with Crippen molar-refractivity contribution < 1.29 is 0 Å². The number of thioether (sulfide) groups is 1. The Bertz CT molecular complexity index is 4330. The molecule has 0 saturated carbocycles. The van der Waals surface area contributed by atoms with E-state index in [9.17, 15) is 0 Å². The van der Waals surface area contributed by atoms with Crippen LogP contribution >= 0.6 is 11.8 Å². The van der Waals surface area contributed by atoms with Crippen molar-refractivity contribution in [2.45, 2.75) is 35.8 Å². The van der Waals surface area contributed by atoms with Gasteiger partial charge in [0.15, 0.2) is 0 Å². The molecule has 4 heterocycles. The maximum atomic E-state index is 5.82. The highest BCUT2D eigenvalue weighted by Crippen LogP contribution is 2.53. The minimum Gasteiger partial charge on any atom is -0.309 e. The number of aromatic nitrogens is 4. The third-order valence-electron chi connectivity index (χ3n) is 15.4. The first-order chi connectivity index (χ1) is 34.5. The first-order valence-electron chi connectivity index (χ1n) is 24.3. The van der Waals surface area contributed by atoms with E-state index in [1.165, 1.54) is 81.8 Å². The number of hydrogen-bond donors (Lipinski definition) is 0. The van der Waals surface area contributed by atoms with Gasteiger partial charge in [-0.25, -0.2) is 9.97 Å². The Kier molecular flexibility index (Phi) is 8.44. The average Bonchev–Trinajstić information content (AvgIpc) is 4.15. The topological polar surface area (TPSA) is 35.6 Å². The van der Waals surface area contributed by atoms with E-state index in [2.05, 4.69) is 235 Å². The van der Waals surface area contributed by atoms with Crippen LogP contribution in [0.25, 0.3) is 110 Å². The van der Waals surface area contributed by atoms with Crippen molar-refractivity contribution >= 4 is 77.0 Å². The maximum Gasteiger partial charge on any atom is 0.235 e. The van der Waals surface area contributed by atoms with Crippen molar-refractivity contribution in [1.29, 1.82) is 0 Å². The van der Waals surface area contributed by atoms with Crippen LogP contribution in [0.1, 0.15) is 41.4 Å². The lowest BCUT2D eigenvalue weighted by Gasteiger charge is -2.22. The molecule has 0 amide bonds. The molecule has 1 aliphatic carbocycles. The average molecular weight is 913 g/mol. The summed E-state index contributed by atoms with van der Waals surface area (Å²) in [5, 5.41) is 8.65. The molecule has 330 valence electrons. The Morgan fingerprint density at radius 1 is 0.486 bits per heavy atom. The number of para-hydroxylation sites is 3. The molecule has 0 N–H and O–H groups in total. The van der Waals surface area contributed by atoms with Crippen LogP contribution in [-0.4, -0.2) is 19.1 Å². The van der Waals surface area contributed by atoms with Gasteiger partial charge in [-0.3, -0.25) is 4.57 Å². The van der Waals surface area contributed by atoms with Crippen LogP contribution in [-0.2, 0) is 11.8 Å². The molecular formula is C65H44N4S. The molecule has 10 aromatic carbocycles. The molecule has 5 heteroatoms. The number of rotatable bonds is 5. The van der Waals surface area contributed by atoms with Crippen molar-refractivity contribution in [3.63, 3.8) is 0 Å². The van der Waals surface area contributed by atoms with Crippen LogP contribution in [0.5, 0.6) is 0 Å². The van der Waals surface area contributed by atoms with Gasteiger partial charge < -0.3 is 4.57 Å². The van der Waals surface area contributed by atoms with E-state index in [1.54, 1.807) is 0 Å². The Balaban J connectivity index is 0.989.